The number of nitrogens with one attached hydrogen (secondary N) is 1. The summed E-state index contributed by atoms with van der Waals surface area (Å²) in [5.74, 6) is 1.49. The van der Waals surface area contributed by atoms with Gasteiger partial charge in [0.15, 0.2) is 5.13 Å². The molecule has 0 aliphatic carbocycles. The van der Waals surface area contributed by atoms with Gasteiger partial charge in [0, 0.05) is 17.6 Å². The third-order valence-corrected chi connectivity index (χ3v) is 5.78. The first kappa shape index (κ1) is 21.1. The minimum absolute atomic E-state index is 0.157. The van der Waals surface area contributed by atoms with E-state index >= 15 is 0 Å². The molecule has 3 aromatic rings. The fourth-order valence-corrected chi connectivity index (χ4v) is 4.13. The molecule has 4 rings (SSSR count). The van der Waals surface area contributed by atoms with Crippen LogP contribution in [0.1, 0.15) is 27.0 Å². The van der Waals surface area contributed by atoms with E-state index in [1.165, 1.54) is 0 Å². The fourth-order valence-electron chi connectivity index (χ4n) is 3.46. The minimum Gasteiger partial charge on any atom is -0.496 e. The SMILES string of the molecule is COc1cccc(OC)c1C(=O)N1CCOC(c2cccc(Nc3ncc(C)s3)n2)C1. The van der Waals surface area contributed by atoms with Crippen molar-refractivity contribution in [3.05, 3.63) is 58.7 Å². The van der Waals surface area contributed by atoms with E-state index in [9.17, 15) is 4.79 Å². The van der Waals surface area contributed by atoms with Crippen LogP contribution in [0.15, 0.2) is 42.6 Å². The van der Waals surface area contributed by atoms with Crippen molar-refractivity contribution in [2.24, 2.45) is 0 Å². The van der Waals surface area contributed by atoms with Crippen LogP contribution in [0.4, 0.5) is 10.9 Å². The number of ether oxygens (including phenoxy) is 3. The van der Waals surface area contributed by atoms with Crippen molar-refractivity contribution >= 4 is 28.2 Å². The summed E-state index contributed by atoms with van der Waals surface area (Å²) in [6.45, 7) is 3.28. The number of pyridine rings is 1. The van der Waals surface area contributed by atoms with Gasteiger partial charge in [-0.15, -0.1) is 11.3 Å². The molecule has 1 saturated heterocycles. The summed E-state index contributed by atoms with van der Waals surface area (Å²) >= 11 is 1.56. The highest BCUT2D eigenvalue weighted by atomic mass is 32.1. The van der Waals surface area contributed by atoms with Gasteiger partial charge in [0.1, 0.15) is 29.0 Å². The first-order chi connectivity index (χ1) is 15.1. The van der Waals surface area contributed by atoms with Crippen LogP contribution in [-0.4, -0.2) is 54.7 Å². The largest absolute Gasteiger partial charge is 0.496 e. The van der Waals surface area contributed by atoms with E-state index in [4.69, 9.17) is 14.2 Å². The molecule has 2 aromatic heterocycles. The summed E-state index contributed by atoms with van der Waals surface area (Å²) in [5, 5.41) is 4.01. The van der Waals surface area contributed by atoms with E-state index in [1.54, 1.807) is 48.7 Å². The summed E-state index contributed by atoms with van der Waals surface area (Å²) in [6.07, 6.45) is 1.48. The number of carbonyl (C=O) groups excluding carboxylic acids is 1. The molecular formula is C22H24N4O4S. The lowest BCUT2D eigenvalue weighted by molar-refractivity contribution is -0.0248. The maximum Gasteiger partial charge on any atom is 0.261 e. The Balaban J connectivity index is 1.53. The molecule has 0 radical (unpaired) electrons. The fraction of sp³-hybridized carbons (Fsp3) is 0.318. The van der Waals surface area contributed by atoms with Crippen LogP contribution >= 0.6 is 11.3 Å². The van der Waals surface area contributed by atoms with Crippen molar-refractivity contribution in [1.82, 2.24) is 14.9 Å². The Morgan fingerprint density at radius 3 is 2.61 bits per heavy atom. The number of anilines is 2. The molecule has 0 bridgehead atoms. The molecule has 1 aliphatic heterocycles. The van der Waals surface area contributed by atoms with Crippen molar-refractivity contribution < 1.29 is 19.0 Å². The van der Waals surface area contributed by atoms with Gasteiger partial charge >= 0.3 is 0 Å². The number of amides is 1. The molecule has 1 atom stereocenters. The second-order valence-electron chi connectivity index (χ2n) is 7.00. The van der Waals surface area contributed by atoms with Gasteiger partial charge in [-0.05, 0) is 31.2 Å². The van der Waals surface area contributed by atoms with Gasteiger partial charge in [0.05, 0.1) is 33.1 Å². The zero-order valence-electron chi connectivity index (χ0n) is 17.6. The van der Waals surface area contributed by atoms with Gasteiger partial charge in [-0.3, -0.25) is 4.79 Å². The molecule has 1 amide bonds. The Morgan fingerprint density at radius 1 is 1.19 bits per heavy atom. The first-order valence-corrected chi connectivity index (χ1v) is 10.7. The predicted octanol–water partition coefficient (Wildman–Crippen LogP) is 3.82. The average molecular weight is 441 g/mol. The molecule has 1 fully saturated rings. The Kier molecular flexibility index (Phi) is 6.34. The maximum absolute atomic E-state index is 13.3. The van der Waals surface area contributed by atoms with E-state index in [0.717, 1.165) is 15.7 Å². The summed E-state index contributed by atoms with van der Waals surface area (Å²) in [6, 6.07) is 11.0. The van der Waals surface area contributed by atoms with Crippen LogP contribution in [0.2, 0.25) is 0 Å². The smallest absolute Gasteiger partial charge is 0.261 e. The lowest BCUT2D eigenvalue weighted by atomic mass is 10.1. The van der Waals surface area contributed by atoms with E-state index in [0.29, 0.717) is 42.6 Å². The van der Waals surface area contributed by atoms with Crippen molar-refractivity contribution in [2.75, 3.05) is 39.2 Å². The Labute approximate surface area is 184 Å². The van der Waals surface area contributed by atoms with Crippen LogP contribution in [0.5, 0.6) is 11.5 Å². The third kappa shape index (κ3) is 4.62. The number of aryl methyl sites for hydroxylation is 1. The predicted molar refractivity (Wildman–Crippen MR) is 119 cm³/mol. The van der Waals surface area contributed by atoms with Crippen LogP contribution in [0.25, 0.3) is 0 Å². The van der Waals surface area contributed by atoms with Crippen LogP contribution in [0, 0.1) is 6.92 Å². The normalized spacial score (nSPS) is 16.1. The molecular weight excluding hydrogens is 416 g/mol. The zero-order chi connectivity index (χ0) is 21.8. The third-order valence-electron chi connectivity index (χ3n) is 4.95. The number of hydrogen-bond acceptors (Lipinski definition) is 8. The quantitative estimate of drug-likeness (QED) is 0.624. The molecule has 1 N–H and O–H groups in total. The average Bonchev–Trinajstić information content (AvgIpc) is 3.22. The second-order valence-corrected chi connectivity index (χ2v) is 8.23. The number of aromatic nitrogens is 2. The molecule has 1 aromatic carbocycles. The number of nitrogens with zero attached hydrogens (tertiary/aromatic N) is 3. The highest BCUT2D eigenvalue weighted by molar-refractivity contribution is 7.15. The van der Waals surface area contributed by atoms with E-state index < -0.39 is 0 Å². The van der Waals surface area contributed by atoms with Crippen LogP contribution in [-0.2, 0) is 4.74 Å². The number of benzene rings is 1. The molecule has 0 saturated carbocycles. The van der Waals surface area contributed by atoms with Crippen molar-refractivity contribution in [2.45, 2.75) is 13.0 Å². The summed E-state index contributed by atoms with van der Waals surface area (Å²) in [7, 11) is 3.08. The molecule has 1 aliphatic rings. The topological polar surface area (TPSA) is 85.8 Å². The second kappa shape index (κ2) is 9.32. The number of methoxy groups -OCH3 is 2. The number of rotatable bonds is 6. The first-order valence-electron chi connectivity index (χ1n) is 9.87. The minimum atomic E-state index is -0.335. The lowest BCUT2D eigenvalue weighted by Crippen LogP contribution is -2.42. The van der Waals surface area contributed by atoms with Gasteiger partial charge in [-0.2, -0.15) is 0 Å². The summed E-state index contributed by atoms with van der Waals surface area (Å²) in [5.41, 5.74) is 1.17. The maximum atomic E-state index is 13.3. The standard InChI is InChI=1S/C22H24N4O4S/c1-14-12-23-22(31-14)25-19-9-4-6-15(24-19)18-13-26(10-11-30-18)21(27)20-16(28-2)7-5-8-17(20)29-3/h4-9,12,18H,10-11,13H2,1-3H3,(H,23,24,25). The monoisotopic (exact) mass is 440 g/mol. The van der Waals surface area contributed by atoms with Crippen molar-refractivity contribution in [1.29, 1.82) is 0 Å². The van der Waals surface area contributed by atoms with E-state index in [-0.39, 0.29) is 12.0 Å². The molecule has 8 nitrogen and oxygen atoms in total. The van der Waals surface area contributed by atoms with Crippen LogP contribution in [0.3, 0.4) is 0 Å². The van der Waals surface area contributed by atoms with Gasteiger partial charge in [-0.25, -0.2) is 9.97 Å². The van der Waals surface area contributed by atoms with E-state index in [1.807, 2.05) is 31.3 Å². The number of thiazole rings is 1. The Bertz CT molecular complexity index is 1050. The zero-order valence-corrected chi connectivity index (χ0v) is 18.4. The van der Waals surface area contributed by atoms with Gasteiger partial charge in [-0.1, -0.05) is 12.1 Å². The van der Waals surface area contributed by atoms with Crippen molar-refractivity contribution in [3.63, 3.8) is 0 Å². The number of morpholine rings is 1. The van der Waals surface area contributed by atoms with E-state index in [2.05, 4.69) is 15.3 Å². The highest BCUT2D eigenvalue weighted by Gasteiger charge is 2.30. The Hall–Kier alpha value is -3.17. The van der Waals surface area contributed by atoms with Crippen molar-refractivity contribution in [3.8, 4) is 11.5 Å². The molecule has 0 spiro atoms. The Morgan fingerprint density at radius 2 is 1.94 bits per heavy atom. The molecule has 9 heteroatoms. The van der Waals surface area contributed by atoms with Gasteiger partial charge in [0.2, 0.25) is 0 Å². The summed E-state index contributed by atoms with van der Waals surface area (Å²) in [4.78, 5) is 25.2. The summed E-state index contributed by atoms with van der Waals surface area (Å²) < 4.78 is 16.7. The molecule has 162 valence electrons. The molecule has 3 heterocycles. The number of hydrogen-bond donors (Lipinski definition) is 1. The lowest BCUT2D eigenvalue weighted by Gasteiger charge is -2.33. The number of carbonyl (C=O) groups is 1. The van der Waals surface area contributed by atoms with Gasteiger partial charge in [0.25, 0.3) is 5.91 Å². The van der Waals surface area contributed by atoms with Crippen LogP contribution < -0.4 is 14.8 Å². The molecule has 1 unspecified atom stereocenters. The molecule has 31 heavy (non-hydrogen) atoms. The highest BCUT2D eigenvalue weighted by Crippen LogP contribution is 2.31. The van der Waals surface area contributed by atoms with Gasteiger partial charge < -0.3 is 24.4 Å².